The zero-order valence-corrected chi connectivity index (χ0v) is 13.3. The molecule has 3 rings (SSSR count). The fourth-order valence-corrected chi connectivity index (χ4v) is 3.05. The molecule has 1 amide bonds. The number of halogens is 1. The maximum atomic E-state index is 13.0. The minimum absolute atomic E-state index is 0.0413. The van der Waals surface area contributed by atoms with Crippen LogP contribution in [-0.2, 0) is 0 Å². The lowest BCUT2D eigenvalue weighted by molar-refractivity contribution is -0.402. The van der Waals surface area contributed by atoms with Crippen molar-refractivity contribution < 1.29 is 23.6 Å². The smallest absolute Gasteiger partial charge is 0.395 e. The Kier molecular flexibility index (Phi) is 4.80. The molecule has 0 saturated carbocycles. The molecular formula is C17H17FN2O5. The van der Waals surface area contributed by atoms with E-state index >= 15 is 0 Å². The normalized spacial score (nSPS) is 16.6. The van der Waals surface area contributed by atoms with Crippen molar-refractivity contribution in [1.82, 2.24) is 4.90 Å². The Morgan fingerprint density at radius 2 is 1.88 bits per heavy atom. The van der Waals surface area contributed by atoms with Gasteiger partial charge >= 0.3 is 5.88 Å². The number of carbonyl (C=O) groups excluding carboxylic acids is 1. The monoisotopic (exact) mass is 348 g/mol. The average Bonchev–Trinajstić information content (AvgIpc) is 3.12. The third kappa shape index (κ3) is 3.69. The van der Waals surface area contributed by atoms with Gasteiger partial charge in [0.2, 0.25) is 0 Å². The lowest BCUT2D eigenvalue weighted by atomic mass is 9.87. The van der Waals surface area contributed by atoms with Crippen molar-refractivity contribution in [2.24, 2.45) is 5.92 Å². The first-order valence-corrected chi connectivity index (χ1v) is 7.92. The van der Waals surface area contributed by atoms with Crippen LogP contribution in [0, 0.1) is 21.8 Å². The van der Waals surface area contributed by atoms with Crippen LogP contribution in [0.2, 0.25) is 0 Å². The summed E-state index contributed by atoms with van der Waals surface area (Å²) in [5, 5.41) is 21.0. The second-order valence-corrected chi connectivity index (χ2v) is 6.02. The van der Waals surface area contributed by atoms with Gasteiger partial charge in [-0.2, -0.15) is 0 Å². The highest BCUT2D eigenvalue weighted by Crippen LogP contribution is 2.31. The molecular weight excluding hydrogens is 331 g/mol. The average molecular weight is 348 g/mol. The van der Waals surface area contributed by atoms with Gasteiger partial charge in [0, 0.05) is 13.1 Å². The van der Waals surface area contributed by atoms with Crippen LogP contribution in [0.3, 0.4) is 0 Å². The molecule has 1 N–H and O–H groups in total. The van der Waals surface area contributed by atoms with E-state index in [1.54, 1.807) is 17.0 Å². The van der Waals surface area contributed by atoms with Crippen molar-refractivity contribution in [3.63, 3.8) is 0 Å². The number of aliphatic hydroxyl groups excluding tert-OH is 1. The number of piperidine rings is 1. The first kappa shape index (κ1) is 17.1. The predicted octanol–water partition coefficient (Wildman–Crippen LogP) is 2.91. The van der Waals surface area contributed by atoms with E-state index < -0.39 is 22.8 Å². The van der Waals surface area contributed by atoms with Crippen LogP contribution in [0.5, 0.6) is 0 Å². The van der Waals surface area contributed by atoms with Crippen LogP contribution in [-0.4, -0.2) is 33.9 Å². The van der Waals surface area contributed by atoms with Crippen molar-refractivity contribution in [1.29, 1.82) is 0 Å². The van der Waals surface area contributed by atoms with Crippen molar-refractivity contribution in [3.8, 4) is 0 Å². The molecule has 1 aliphatic heterocycles. The summed E-state index contributed by atoms with van der Waals surface area (Å²) in [6.07, 6.45) is 0.433. The van der Waals surface area contributed by atoms with E-state index in [2.05, 4.69) is 0 Å². The Balaban J connectivity index is 1.60. The standard InChI is InChI=1S/C17H17FN2O5/c18-13-3-1-11(2-4-13)16(21)12-7-9-19(10-8-12)17(22)14-5-6-15(25-14)20(23)24/h1-6,12,16,21H,7-10H2. The number of carbonyl (C=O) groups is 1. The van der Waals surface area contributed by atoms with E-state index in [4.69, 9.17) is 4.42 Å². The largest absolute Gasteiger partial charge is 0.433 e. The van der Waals surface area contributed by atoms with E-state index in [0.29, 0.717) is 31.5 Å². The molecule has 8 heteroatoms. The number of likely N-dealkylation sites (tertiary alicyclic amines) is 1. The van der Waals surface area contributed by atoms with Crippen molar-refractivity contribution in [2.75, 3.05) is 13.1 Å². The zero-order valence-electron chi connectivity index (χ0n) is 13.3. The SMILES string of the molecule is O=C(c1ccc([N+](=O)[O-])o1)N1CCC(C(O)c2ccc(F)cc2)CC1. The number of nitro groups is 1. The molecule has 0 radical (unpaired) electrons. The second-order valence-electron chi connectivity index (χ2n) is 6.02. The van der Waals surface area contributed by atoms with Crippen molar-refractivity contribution >= 4 is 11.8 Å². The van der Waals surface area contributed by atoms with Crippen LogP contribution in [0.15, 0.2) is 40.8 Å². The molecule has 1 saturated heterocycles. The summed E-state index contributed by atoms with van der Waals surface area (Å²) < 4.78 is 17.9. The Morgan fingerprint density at radius 3 is 2.44 bits per heavy atom. The lowest BCUT2D eigenvalue weighted by Crippen LogP contribution is -2.39. The Hall–Kier alpha value is -2.74. The molecule has 0 spiro atoms. The summed E-state index contributed by atoms with van der Waals surface area (Å²) in [7, 11) is 0. The topological polar surface area (TPSA) is 96.8 Å². The molecule has 1 atom stereocenters. The van der Waals surface area contributed by atoms with Crippen molar-refractivity contribution in [3.05, 3.63) is 63.7 Å². The number of nitrogens with zero attached hydrogens (tertiary/aromatic N) is 2. The number of furan rings is 1. The maximum Gasteiger partial charge on any atom is 0.433 e. The number of benzene rings is 1. The van der Waals surface area contributed by atoms with E-state index in [1.807, 2.05) is 0 Å². The Bertz CT molecular complexity index is 766. The van der Waals surface area contributed by atoms with E-state index in [1.165, 1.54) is 18.2 Å². The third-order valence-corrected chi connectivity index (χ3v) is 4.47. The molecule has 132 valence electrons. The summed E-state index contributed by atoms with van der Waals surface area (Å²) in [4.78, 5) is 23.8. The van der Waals surface area contributed by atoms with Crippen molar-refractivity contribution in [2.45, 2.75) is 18.9 Å². The highest BCUT2D eigenvalue weighted by Gasteiger charge is 2.30. The van der Waals surface area contributed by atoms with Crippen LogP contribution >= 0.6 is 0 Å². The van der Waals surface area contributed by atoms with Gasteiger partial charge in [-0.05, 0) is 42.5 Å². The van der Waals surface area contributed by atoms with Gasteiger partial charge < -0.3 is 14.4 Å². The fourth-order valence-electron chi connectivity index (χ4n) is 3.05. The molecule has 1 fully saturated rings. The molecule has 7 nitrogen and oxygen atoms in total. The predicted molar refractivity (Wildman–Crippen MR) is 85.3 cm³/mol. The summed E-state index contributed by atoms with van der Waals surface area (Å²) in [5.41, 5.74) is 0.646. The molecule has 1 aromatic heterocycles. The molecule has 1 unspecified atom stereocenters. The molecule has 1 aliphatic rings. The van der Waals surface area contributed by atoms with E-state index in [9.17, 15) is 24.4 Å². The van der Waals surface area contributed by atoms with E-state index in [-0.39, 0.29) is 17.5 Å². The first-order chi connectivity index (χ1) is 12.0. The van der Waals surface area contributed by atoms with E-state index in [0.717, 1.165) is 6.07 Å². The van der Waals surface area contributed by atoms with Crippen LogP contribution < -0.4 is 0 Å². The maximum absolute atomic E-state index is 13.0. The highest BCUT2D eigenvalue weighted by atomic mass is 19.1. The number of rotatable bonds is 4. The van der Waals surface area contributed by atoms with Gasteiger partial charge in [0.05, 0.1) is 12.2 Å². The summed E-state index contributed by atoms with van der Waals surface area (Å²) in [6, 6.07) is 8.17. The van der Waals surface area contributed by atoms with Gasteiger partial charge in [0.1, 0.15) is 10.7 Å². The molecule has 0 bridgehead atoms. The summed E-state index contributed by atoms with van der Waals surface area (Å²) in [6.45, 7) is 0.826. The number of hydrogen-bond donors (Lipinski definition) is 1. The third-order valence-electron chi connectivity index (χ3n) is 4.47. The number of amides is 1. The summed E-state index contributed by atoms with van der Waals surface area (Å²) in [5.74, 6) is -1.33. The molecule has 1 aromatic carbocycles. The van der Waals surface area contributed by atoms with Gasteiger partial charge in [0.15, 0.2) is 5.76 Å². The minimum Gasteiger partial charge on any atom is -0.395 e. The van der Waals surface area contributed by atoms with Gasteiger partial charge in [-0.15, -0.1) is 0 Å². The van der Waals surface area contributed by atoms with Crippen LogP contribution in [0.1, 0.15) is 35.1 Å². The molecule has 25 heavy (non-hydrogen) atoms. The highest BCUT2D eigenvalue weighted by molar-refractivity contribution is 5.91. The first-order valence-electron chi connectivity index (χ1n) is 7.92. The fraction of sp³-hybridized carbons (Fsp3) is 0.353. The quantitative estimate of drug-likeness (QED) is 0.677. The molecule has 0 aliphatic carbocycles. The molecule has 2 heterocycles. The van der Waals surface area contributed by atoms with Gasteiger partial charge in [-0.3, -0.25) is 14.9 Å². The van der Waals surface area contributed by atoms with Gasteiger partial charge in [-0.1, -0.05) is 12.1 Å². The van der Waals surface area contributed by atoms with Gasteiger partial charge in [-0.25, -0.2) is 4.39 Å². The minimum atomic E-state index is -0.720. The molecule has 2 aromatic rings. The summed E-state index contributed by atoms with van der Waals surface area (Å²) >= 11 is 0. The number of hydrogen-bond acceptors (Lipinski definition) is 5. The second kappa shape index (κ2) is 7.02. The Labute approximate surface area is 142 Å². The van der Waals surface area contributed by atoms with Gasteiger partial charge in [0.25, 0.3) is 5.91 Å². The Morgan fingerprint density at radius 1 is 1.24 bits per heavy atom. The number of aliphatic hydroxyl groups is 1. The van der Waals surface area contributed by atoms with Crippen LogP contribution in [0.4, 0.5) is 10.3 Å². The zero-order chi connectivity index (χ0) is 18.0. The van der Waals surface area contributed by atoms with Crippen LogP contribution in [0.25, 0.3) is 0 Å². The lowest BCUT2D eigenvalue weighted by Gasteiger charge is -2.34.